The van der Waals surface area contributed by atoms with Gasteiger partial charge in [-0.1, -0.05) is 29.8 Å². The topological polar surface area (TPSA) is 47.6 Å². The van der Waals surface area contributed by atoms with Crippen molar-refractivity contribution in [2.24, 2.45) is 0 Å². The van der Waals surface area contributed by atoms with Crippen LogP contribution in [0.3, 0.4) is 0 Å². The number of amides is 1. The Morgan fingerprint density at radius 2 is 1.86 bits per heavy atom. The maximum absolute atomic E-state index is 12.7. The Hall–Kier alpha value is -2.50. The first-order valence-corrected chi connectivity index (χ1v) is 9.94. The van der Waals surface area contributed by atoms with Gasteiger partial charge in [-0.3, -0.25) is 4.79 Å². The van der Waals surface area contributed by atoms with Crippen molar-refractivity contribution in [3.8, 4) is 11.5 Å². The van der Waals surface area contributed by atoms with E-state index in [0.717, 1.165) is 10.0 Å². The molecule has 144 valence electrons. The number of carbonyl (C=O) groups excluding carboxylic acids is 1. The molecule has 28 heavy (non-hydrogen) atoms. The van der Waals surface area contributed by atoms with Gasteiger partial charge in [0.1, 0.15) is 18.1 Å². The molecule has 0 saturated carbocycles. The lowest BCUT2D eigenvalue weighted by Gasteiger charge is -2.14. The van der Waals surface area contributed by atoms with Crippen molar-refractivity contribution in [2.45, 2.75) is 13.5 Å². The molecule has 1 N–H and O–H groups in total. The number of ether oxygens (including phenoxy) is 2. The molecule has 0 aliphatic carbocycles. The molecule has 0 radical (unpaired) electrons. The van der Waals surface area contributed by atoms with Crippen LogP contribution in [0.4, 0.5) is 5.69 Å². The lowest BCUT2D eigenvalue weighted by atomic mass is 10.1. The van der Waals surface area contributed by atoms with Gasteiger partial charge < -0.3 is 14.8 Å². The Morgan fingerprint density at radius 3 is 2.61 bits per heavy atom. The van der Waals surface area contributed by atoms with Crippen LogP contribution in [0.25, 0.3) is 0 Å². The number of hydrogen-bond donors (Lipinski definition) is 1. The Bertz CT molecular complexity index is 978. The Labute approximate surface area is 177 Å². The van der Waals surface area contributed by atoms with Crippen molar-refractivity contribution in [1.29, 1.82) is 0 Å². The van der Waals surface area contributed by atoms with Crippen LogP contribution in [0, 0.1) is 0 Å². The van der Waals surface area contributed by atoms with Gasteiger partial charge in [-0.15, -0.1) is 0 Å². The molecule has 3 aromatic carbocycles. The highest BCUT2D eigenvalue weighted by Gasteiger charge is 2.13. The maximum Gasteiger partial charge on any atom is 0.255 e. The fraction of sp³-hybridized carbons (Fsp3) is 0.136. The zero-order chi connectivity index (χ0) is 19.9. The molecule has 0 saturated heterocycles. The molecule has 0 spiro atoms. The minimum atomic E-state index is -0.209. The minimum Gasteiger partial charge on any atom is -0.493 e. The van der Waals surface area contributed by atoms with E-state index in [0.29, 0.717) is 34.4 Å². The average Bonchev–Trinajstić information content (AvgIpc) is 2.69. The molecule has 0 bridgehead atoms. The van der Waals surface area contributed by atoms with Gasteiger partial charge in [0.05, 0.1) is 12.3 Å². The van der Waals surface area contributed by atoms with E-state index < -0.39 is 0 Å². The van der Waals surface area contributed by atoms with E-state index in [1.165, 1.54) is 0 Å². The van der Waals surface area contributed by atoms with Gasteiger partial charge in [-0.25, -0.2) is 0 Å². The lowest BCUT2D eigenvalue weighted by Crippen LogP contribution is -2.13. The molecular formula is C22H19BrClNO3. The van der Waals surface area contributed by atoms with Gasteiger partial charge in [0.2, 0.25) is 0 Å². The highest BCUT2D eigenvalue weighted by atomic mass is 79.9. The molecule has 3 aromatic rings. The molecule has 0 unspecified atom stereocenters. The first-order chi connectivity index (χ1) is 13.6. The second kappa shape index (κ2) is 9.62. The summed E-state index contributed by atoms with van der Waals surface area (Å²) < 4.78 is 12.3. The van der Waals surface area contributed by atoms with Crippen molar-refractivity contribution in [3.63, 3.8) is 0 Å². The number of carbonyl (C=O) groups is 1. The van der Waals surface area contributed by atoms with Crippen LogP contribution in [0.2, 0.25) is 5.02 Å². The molecule has 0 atom stereocenters. The number of benzene rings is 3. The summed E-state index contributed by atoms with van der Waals surface area (Å²) >= 11 is 9.44. The summed E-state index contributed by atoms with van der Waals surface area (Å²) in [6.07, 6.45) is 0. The van der Waals surface area contributed by atoms with Crippen LogP contribution in [0.15, 0.2) is 71.2 Å². The van der Waals surface area contributed by atoms with Gasteiger partial charge in [0.25, 0.3) is 5.91 Å². The Morgan fingerprint density at radius 1 is 1.04 bits per heavy atom. The normalized spacial score (nSPS) is 10.4. The molecule has 0 aliphatic heterocycles. The van der Waals surface area contributed by atoms with Crippen molar-refractivity contribution in [3.05, 3.63) is 87.4 Å². The molecule has 0 heterocycles. The van der Waals surface area contributed by atoms with Gasteiger partial charge in [-0.05, 0) is 71.4 Å². The largest absolute Gasteiger partial charge is 0.493 e. The van der Waals surface area contributed by atoms with Gasteiger partial charge in [0.15, 0.2) is 0 Å². The highest BCUT2D eigenvalue weighted by Crippen LogP contribution is 2.26. The third kappa shape index (κ3) is 5.27. The van der Waals surface area contributed by atoms with Crippen LogP contribution < -0.4 is 14.8 Å². The maximum atomic E-state index is 12.7. The number of nitrogens with one attached hydrogen (secondary N) is 1. The molecular weight excluding hydrogens is 442 g/mol. The predicted molar refractivity (Wildman–Crippen MR) is 115 cm³/mol. The first kappa shape index (κ1) is 20.2. The number of anilines is 1. The molecule has 4 nitrogen and oxygen atoms in total. The monoisotopic (exact) mass is 459 g/mol. The van der Waals surface area contributed by atoms with E-state index in [4.69, 9.17) is 21.1 Å². The molecule has 1 amide bonds. The van der Waals surface area contributed by atoms with E-state index in [1.54, 1.807) is 30.3 Å². The molecule has 0 aromatic heterocycles. The van der Waals surface area contributed by atoms with Crippen LogP contribution >= 0.6 is 27.5 Å². The number of hydrogen-bond acceptors (Lipinski definition) is 3. The number of para-hydroxylation sites is 1. The van der Waals surface area contributed by atoms with Gasteiger partial charge >= 0.3 is 0 Å². The standard InChI is InChI=1S/C22H19BrClNO3/c1-2-27-21-11-10-15(22(26)25-20-9-4-3-8-19(20)23)12-16(21)14-28-18-7-5-6-17(24)13-18/h3-13H,2,14H2,1H3,(H,25,26). The first-order valence-electron chi connectivity index (χ1n) is 8.77. The summed E-state index contributed by atoms with van der Waals surface area (Å²) in [6, 6.07) is 19.9. The summed E-state index contributed by atoms with van der Waals surface area (Å²) in [6.45, 7) is 2.69. The van der Waals surface area contributed by atoms with E-state index >= 15 is 0 Å². The van der Waals surface area contributed by atoms with Crippen LogP contribution in [-0.2, 0) is 6.61 Å². The summed E-state index contributed by atoms with van der Waals surface area (Å²) in [5.41, 5.74) is 2.00. The fourth-order valence-electron chi connectivity index (χ4n) is 2.60. The minimum absolute atomic E-state index is 0.209. The number of halogens is 2. The zero-order valence-corrected chi connectivity index (χ0v) is 17.6. The van der Waals surface area contributed by atoms with E-state index in [1.807, 2.05) is 43.3 Å². The predicted octanol–water partition coefficient (Wildman–Crippen LogP) is 6.33. The van der Waals surface area contributed by atoms with Crippen LogP contribution in [-0.4, -0.2) is 12.5 Å². The molecule has 3 rings (SSSR count). The zero-order valence-electron chi connectivity index (χ0n) is 15.2. The summed E-state index contributed by atoms with van der Waals surface area (Å²) in [5, 5.41) is 3.50. The summed E-state index contributed by atoms with van der Waals surface area (Å²) in [7, 11) is 0. The van der Waals surface area contributed by atoms with Gasteiger partial charge in [-0.2, -0.15) is 0 Å². The summed E-state index contributed by atoms with van der Waals surface area (Å²) in [4.78, 5) is 12.7. The van der Waals surface area contributed by atoms with E-state index in [-0.39, 0.29) is 12.5 Å². The van der Waals surface area contributed by atoms with Crippen LogP contribution in [0.1, 0.15) is 22.8 Å². The molecule has 0 aliphatic rings. The van der Waals surface area contributed by atoms with E-state index in [9.17, 15) is 4.79 Å². The van der Waals surface area contributed by atoms with Crippen molar-refractivity contribution < 1.29 is 14.3 Å². The lowest BCUT2D eigenvalue weighted by molar-refractivity contribution is 0.102. The second-order valence-corrected chi connectivity index (χ2v) is 7.23. The second-order valence-electron chi connectivity index (χ2n) is 5.94. The van der Waals surface area contributed by atoms with Crippen molar-refractivity contribution >= 4 is 39.1 Å². The quantitative estimate of drug-likeness (QED) is 0.448. The average molecular weight is 461 g/mol. The smallest absolute Gasteiger partial charge is 0.255 e. The fourth-order valence-corrected chi connectivity index (χ4v) is 3.17. The Balaban J connectivity index is 1.80. The third-order valence-corrected chi connectivity index (χ3v) is 4.86. The highest BCUT2D eigenvalue weighted by molar-refractivity contribution is 9.10. The number of rotatable bonds is 7. The third-order valence-electron chi connectivity index (χ3n) is 3.93. The van der Waals surface area contributed by atoms with Crippen molar-refractivity contribution in [2.75, 3.05) is 11.9 Å². The Kier molecular flexibility index (Phi) is 6.95. The van der Waals surface area contributed by atoms with Crippen LogP contribution in [0.5, 0.6) is 11.5 Å². The van der Waals surface area contributed by atoms with Crippen molar-refractivity contribution in [1.82, 2.24) is 0 Å². The summed E-state index contributed by atoms with van der Waals surface area (Å²) in [5.74, 6) is 1.12. The molecule has 0 fully saturated rings. The SMILES string of the molecule is CCOc1ccc(C(=O)Nc2ccccc2Br)cc1COc1cccc(Cl)c1. The van der Waals surface area contributed by atoms with Gasteiger partial charge in [0, 0.05) is 20.6 Å². The molecule has 6 heteroatoms. The van der Waals surface area contributed by atoms with E-state index in [2.05, 4.69) is 21.2 Å².